The molecule has 10 aromatic carbocycles. The Kier molecular flexibility index (Phi) is 11.9. The van der Waals surface area contributed by atoms with Crippen LogP contribution >= 0.6 is 0 Å². The summed E-state index contributed by atoms with van der Waals surface area (Å²) in [5.74, 6) is 0. The number of fused-ring (bicyclic) bond motifs is 17. The SMILES string of the molecule is CC1(C)CCC(C)(C)c2cc(N3B4c5cc6c(cc5N(c5ccc7c(c5)C(C)(C)CCC7(C)C)c5cc(N(c7ccc8c(c7)-c7ccccc7C8(C)C)c7ccc8c(c7)-c7ccccc7C8(C)C)cc(c54)-c4ccc5c(oc7ccccc75)c43)C(C)(C)CCC6(C)C)ccc21. The molecule has 2 aliphatic heterocycles. The molecule has 0 atom stereocenters. The molecule has 0 N–H and O–H groups in total. The van der Waals surface area contributed by atoms with Gasteiger partial charge in [-0.1, -0.05) is 214 Å². The Morgan fingerprint density at radius 1 is 0.337 bits per heavy atom. The maximum absolute atomic E-state index is 7.49. The first-order chi connectivity index (χ1) is 45.1. The number of rotatable bonds is 5. The van der Waals surface area contributed by atoms with E-state index >= 15 is 0 Å². The van der Waals surface area contributed by atoms with Crippen LogP contribution in [0.25, 0.3) is 55.3 Å². The van der Waals surface area contributed by atoms with Gasteiger partial charge in [-0.2, -0.15) is 0 Å². The van der Waals surface area contributed by atoms with E-state index in [9.17, 15) is 0 Å². The van der Waals surface area contributed by atoms with Gasteiger partial charge in [0, 0.05) is 67.0 Å². The summed E-state index contributed by atoms with van der Waals surface area (Å²) >= 11 is 0. The van der Waals surface area contributed by atoms with Crippen molar-refractivity contribution < 1.29 is 4.42 Å². The van der Waals surface area contributed by atoms with Gasteiger partial charge in [0.1, 0.15) is 5.58 Å². The molecular weight excluding hydrogens is 1150 g/mol. The van der Waals surface area contributed by atoms with Crippen molar-refractivity contribution in [3.05, 3.63) is 238 Å². The highest BCUT2D eigenvalue weighted by Gasteiger charge is 2.51. The Morgan fingerprint density at radius 3 is 1.36 bits per heavy atom. The van der Waals surface area contributed by atoms with Crippen LogP contribution in [0.5, 0.6) is 0 Å². The Balaban J connectivity index is 1.00. The quantitative estimate of drug-likeness (QED) is 0.160. The Labute approximate surface area is 564 Å². The standard InChI is InChI=1S/C90H90BN3O/c1-83(2)39-41-85(5,6)72-48-55(31-37-70(72)83)93-77-52-75-74(87(9,10)43-44-88(75,11)12)51-76(77)91-80-65(61-33-34-62-60-25-19-22-28-79(60)95-82(62)81(61)94(91)56-32-38-71-73(49-56)86(7,8)42-40-84(71,3)4)47-57(50-78(80)93)92(53-29-35-68-63(45-53)58-23-17-20-26-66(58)89(68,13)14)54-30-36-69-64(46-54)59-24-18-21-27-67(59)90(69,15)16/h17-38,45-52H,39-44H2,1-16H3. The van der Waals surface area contributed by atoms with Crippen LogP contribution in [0.2, 0.25) is 0 Å². The highest BCUT2D eigenvalue weighted by Crippen LogP contribution is 2.59. The van der Waals surface area contributed by atoms with Gasteiger partial charge >= 0.3 is 6.85 Å². The van der Waals surface area contributed by atoms with Crippen LogP contribution in [0.3, 0.4) is 0 Å². The molecule has 5 heteroatoms. The molecule has 7 aliphatic rings. The number of anilines is 8. The maximum Gasteiger partial charge on any atom is 0.333 e. The molecule has 0 saturated heterocycles. The molecule has 474 valence electrons. The zero-order valence-electron chi connectivity index (χ0n) is 58.9. The van der Waals surface area contributed by atoms with Gasteiger partial charge in [-0.3, -0.25) is 0 Å². The molecule has 1 aromatic heterocycles. The third-order valence-corrected chi connectivity index (χ3v) is 25.6. The number of nitrogens with zero attached hydrogens (tertiary/aromatic N) is 3. The minimum atomic E-state index is -0.255. The molecule has 11 aromatic rings. The van der Waals surface area contributed by atoms with Crippen LogP contribution in [-0.2, 0) is 43.3 Å². The Bertz CT molecular complexity index is 5080. The molecule has 0 radical (unpaired) electrons. The van der Waals surface area contributed by atoms with E-state index in [4.69, 9.17) is 4.42 Å². The third kappa shape index (κ3) is 8.14. The highest BCUT2D eigenvalue weighted by molar-refractivity contribution is 6.94. The van der Waals surface area contributed by atoms with Crippen molar-refractivity contribution in [2.24, 2.45) is 0 Å². The van der Waals surface area contributed by atoms with Gasteiger partial charge in [0.15, 0.2) is 5.58 Å². The second-order valence-electron chi connectivity index (χ2n) is 34.8. The fraction of sp³-hybridized carbons (Fsp3) is 0.333. The van der Waals surface area contributed by atoms with Crippen LogP contribution in [-0.4, -0.2) is 6.85 Å². The number of benzene rings is 10. The van der Waals surface area contributed by atoms with E-state index in [-0.39, 0.29) is 50.2 Å². The molecule has 3 heterocycles. The average molecular weight is 1240 g/mol. The van der Waals surface area contributed by atoms with Crippen molar-refractivity contribution in [2.75, 3.05) is 14.6 Å². The Morgan fingerprint density at radius 2 is 0.789 bits per heavy atom. The van der Waals surface area contributed by atoms with E-state index in [1.54, 1.807) is 0 Å². The predicted molar refractivity (Wildman–Crippen MR) is 403 cm³/mol. The smallest absolute Gasteiger partial charge is 0.333 e. The zero-order chi connectivity index (χ0) is 65.8. The Hall–Kier alpha value is -8.54. The van der Waals surface area contributed by atoms with Gasteiger partial charge in [0.25, 0.3) is 0 Å². The van der Waals surface area contributed by atoms with Gasteiger partial charge in [-0.25, -0.2) is 0 Å². The molecule has 5 aliphatic carbocycles. The van der Waals surface area contributed by atoms with Gasteiger partial charge in [-0.05, 0) is 244 Å². The third-order valence-electron chi connectivity index (χ3n) is 25.6. The normalized spacial score (nSPS) is 19.7. The van der Waals surface area contributed by atoms with Crippen LogP contribution in [0.4, 0.5) is 45.5 Å². The monoisotopic (exact) mass is 1240 g/mol. The van der Waals surface area contributed by atoms with Crippen LogP contribution < -0.4 is 25.5 Å². The number of para-hydroxylation sites is 1. The summed E-state index contributed by atoms with van der Waals surface area (Å²) in [4.78, 5) is 8.16. The molecule has 0 unspecified atom stereocenters. The van der Waals surface area contributed by atoms with E-state index in [2.05, 4.69) is 307 Å². The van der Waals surface area contributed by atoms with Crippen molar-refractivity contribution in [1.82, 2.24) is 0 Å². The first kappa shape index (κ1) is 59.0. The largest absolute Gasteiger partial charge is 0.454 e. The molecular formula is C90H90BN3O. The maximum atomic E-state index is 7.49. The molecule has 0 spiro atoms. The molecule has 0 amide bonds. The van der Waals surface area contributed by atoms with Crippen molar-refractivity contribution in [2.45, 2.75) is 193 Å². The van der Waals surface area contributed by atoms with Crippen LogP contribution in [0, 0.1) is 0 Å². The summed E-state index contributed by atoms with van der Waals surface area (Å²) in [6.45, 7) is 39.2. The lowest BCUT2D eigenvalue weighted by Gasteiger charge is -2.49. The topological polar surface area (TPSA) is 22.9 Å². The van der Waals surface area contributed by atoms with E-state index < -0.39 is 0 Å². The first-order valence-electron chi connectivity index (χ1n) is 35.6. The summed E-state index contributed by atoms with van der Waals surface area (Å²) in [6.07, 6.45) is 6.81. The first-order valence-corrected chi connectivity index (χ1v) is 35.6. The van der Waals surface area contributed by atoms with Crippen molar-refractivity contribution in [3.8, 4) is 33.4 Å². The molecule has 0 saturated carbocycles. The van der Waals surface area contributed by atoms with E-state index in [1.165, 1.54) is 123 Å². The molecule has 0 fully saturated rings. The fourth-order valence-corrected chi connectivity index (χ4v) is 19.5. The second-order valence-corrected chi connectivity index (χ2v) is 34.8. The molecule has 4 nitrogen and oxygen atoms in total. The lowest BCUT2D eigenvalue weighted by atomic mass is 9.42. The summed E-state index contributed by atoms with van der Waals surface area (Å²) < 4.78 is 7.49. The van der Waals surface area contributed by atoms with Crippen molar-refractivity contribution >= 4 is 85.2 Å². The van der Waals surface area contributed by atoms with Gasteiger partial charge in [-0.15, -0.1) is 0 Å². The number of furan rings is 1. The van der Waals surface area contributed by atoms with E-state index in [1.807, 2.05) is 0 Å². The molecule has 18 rings (SSSR count). The fourth-order valence-electron chi connectivity index (χ4n) is 19.5. The van der Waals surface area contributed by atoms with Crippen LogP contribution in [0.1, 0.15) is 205 Å². The molecule has 0 bridgehead atoms. The summed E-state index contributed by atoms with van der Waals surface area (Å²) in [6, 6.07) is 72.5. The summed E-state index contributed by atoms with van der Waals surface area (Å²) in [7, 11) is 0. The average Bonchev–Trinajstić information content (AvgIpc) is 0.719. The van der Waals surface area contributed by atoms with Gasteiger partial charge < -0.3 is 19.0 Å². The van der Waals surface area contributed by atoms with Gasteiger partial charge in [0.05, 0.1) is 5.69 Å². The van der Waals surface area contributed by atoms with Gasteiger partial charge in [0.2, 0.25) is 0 Å². The zero-order valence-corrected chi connectivity index (χ0v) is 58.9. The lowest BCUT2D eigenvalue weighted by molar-refractivity contribution is 0.332. The number of hydrogen-bond donors (Lipinski definition) is 0. The lowest BCUT2D eigenvalue weighted by Crippen LogP contribution is -2.62. The highest BCUT2D eigenvalue weighted by atomic mass is 16.3. The molecule has 95 heavy (non-hydrogen) atoms. The minimum Gasteiger partial charge on any atom is -0.454 e. The van der Waals surface area contributed by atoms with Crippen LogP contribution in [0.15, 0.2) is 186 Å². The van der Waals surface area contributed by atoms with Crippen molar-refractivity contribution in [1.29, 1.82) is 0 Å². The van der Waals surface area contributed by atoms with Crippen molar-refractivity contribution in [3.63, 3.8) is 0 Å². The second kappa shape index (κ2) is 19.1. The van der Waals surface area contributed by atoms with E-state index in [0.717, 1.165) is 83.2 Å². The van der Waals surface area contributed by atoms with E-state index in [0.29, 0.717) is 0 Å². The number of hydrogen-bond acceptors (Lipinski definition) is 4. The predicted octanol–water partition coefficient (Wildman–Crippen LogP) is 23.4. The minimum absolute atomic E-state index is 0.0219. The summed E-state index contributed by atoms with van der Waals surface area (Å²) in [5, 5.41) is 2.28. The summed E-state index contributed by atoms with van der Waals surface area (Å²) in [5.41, 5.74) is 35.4.